The summed E-state index contributed by atoms with van der Waals surface area (Å²) in [6.07, 6.45) is 1.15. The van der Waals surface area contributed by atoms with Gasteiger partial charge in [0.25, 0.3) is 23.6 Å². The zero-order valence-electron chi connectivity index (χ0n) is 28.1. The number of hydrogen-bond acceptors (Lipinski definition) is 8. The normalized spacial score (nSPS) is 20.1. The smallest absolute Gasteiger partial charge is 0.262 e. The third kappa shape index (κ3) is 6.64. The van der Waals surface area contributed by atoms with E-state index in [9.17, 15) is 28.8 Å². The average Bonchev–Trinajstić information content (AvgIpc) is 3.49. The molecule has 0 unspecified atom stereocenters. The van der Waals surface area contributed by atoms with Gasteiger partial charge < -0.3 is 19.3 Å². The van der Waals surface area contributed by atoms with E-state index in [0.29, 0.717) is 35.1 Å². The molecule has 0 N–H and O–H groups in total. The molecule has 3 aliphatic heterocycles. The van der Waals surface area contributed by atoms with Crippen molar-refractivity contribution in [3.63, 3.8) is 0 Å². The number of fused-ring (bicyclic) bond motifs is 2. The van der Waals surface area contributed by atoms with Crippen LogP contribution in [0.4, 0.5) is 0 Å². The molecule has 256 valence electrons. The maximum Gasteiger partial charge on any atom is 0.262 e. The summed E-state index contributed by atoms with van der Waals surface area (Å²) in [6, 6.07) is 11.2. The summed E-state index contributed by atoms with van der Waals surface area (Å²) >= 11 is 0. The van der Waals surface area contributed by atoms with Gasteiger partial charge in [0.15, 0.2) is 0 Å². The predicted octanol–water partition coefficient (Wildman–Crippen LogP) is 3.11. The number of ether oxygens (including phenoxy) is 2. The quantitative estimate of drug-likeness (QED) is 0.395. The second-order valence-electron chi connectivity index (χ2n) is 12.6. The van der Waals surface area contributed by atoms with Crippen LogP contribution in [0.1, 0.15) is 82.0 Å². The van der Waals surface area contributed by atoms with Crippen molar-refractivity contribution in [3.8, 4) is 0 Å². The van der Waals surface area contributed by atoms with Crippen LogP contribution in [0.5, 0.6) is 0 Å². The monoisotopic (exact) mass is 660 g/mol. The van der Waals surface area contributed by atoms with Crippen molar-refractivity contribution in [1.29, 1.82) is 0 Å². The molecule has 0 radical (unpaired) electrons. The van der Waals surface area contributed by atoms with E-state index in [1.165, 1.54) is 0 Å². The van der Waals surface area contributed by atoms with Gasteiger partial charge in [-0.05, 0) is 36.1 Å². The summed E-state index contributed by atoms with van der Waals surface area (Å²) in [5, 5.41) is 0. The van der Waals surface area contributed by atoms with E-state index in [1.807, 2.05) is 27.7 Å². The summed E-state index contributed by atoms with van der Waals surface area (Å²) in [4.78, 5) is 86.9. The second-order valence-corrected chi connectivity index (χ2v) is 12.6. The highest BCUT2D eigenvalue weighted by atomic mass is 16.5. The number of rotatable bonds is 8. The number of benzene rings is 2. The van der Waals surface area contributed by atoms with Gasteiger partial charge in [0.1, 0.15) is 12.1 Å². The van der Waals surface area contributed by atoms with E-state index >= 15 is 0 Å². The molecule has 1 fully saturated rings. The standard InChI is InChI=1S/C36H44N4O8/c1-5-23(3)29(39-31(41)25-11-7-8-12-26(25)32(39)42)35(45)37-15-19-47-21-17-38(18-22-48-20-16-37)36(46)30(24(4)6-2)40-33(43)27-13-9-10-14-28(27)34(40)44/h7-14,23-24,29-30H,5-6,15-22H2,1-4H3/t23-,24-,29-,30+/m0/s1. The molecule has 2 aromatic carbocycles. The molecule has 1 saturated heterocycles. The summed E-state index contributed by atoms with van der Waals surface area (Å²) in [5.74, 6) is -3.17. The highest BCUT2D eigenvalue weighted by molar-refractivity contribution is 6.23. The van der Waals surface area contributed by atoms with E-state index in [-0.39, 0.29) is 76.3 Å². The van der Waals surface area contributed by atoms with Crippen molar-refractivity contribution in [2.75, 3.05) is 52.6 Å². The molecule has 0 aliphatic carbocycles. The van der Waals surface area contributed by atoms with E-state index in [1.54, 1.807) is 58.3 Å². The fourth-order valence-electron chi connectivity index (χ4n) is 6.53. The topological polar surface area (TPSA) is 134 Å². The zero-order chi connectivity index (χ0) is 34.5. The minimum Gasteiger partial charge on any atom is -0.378 e. The first kappa shape index (κ1) is 34.9. The predicted molar refractivity (Wildman–Crippen MR) is 175 cm³/mol. The Kier molecular flexibility index (Phi) is 11.1. The lowest BCUT2D eigenvalue weighted by Gasteiger charge is -2.36. The number of amides is 6. The summed E-state index contributed by atoms with van der Waals surface area (Å²) in [5.41, 5.74) is 1.17. The molecule has 0 spiro atoms. The van der Waals surface area contributed by atoms with Gasteiger partial charge in [-0.1, -0.05) is 64.8 Å². The van der Waals surface area contributed by atoms with Crippen molar-refractivity contribution in [3.05, 3.63) is 70.8 Å². The van der Waals surface area contributed by atoms with E-state index in [4.69, 9.17) is 9.47 Å². The highest BCUT2D eigenvalue weighted by Crippen LogP contribution is 2.31. The molecule has 0 aromatic heterocycles. The van der Waals surface area contributed by atoms with Crippen molar-refractivity contribution >= 4 is 35.4 Å². The lowest BCUT2D eigenvalue weighted by molar-refractivity contribution is -0.140. The van der Waals surface area contributed by atoms with Gasteiger partial charge >= 0.3 is 0 Å². The van der Waals surface area contributed by atoms with Crippen LogP contribution in [0.25, 0.3) is 0 Å². The minimum atomic E-state index is -0.983. The third-order valence-electron chi connectivity index (χ3n) is 9.72. The maximum absolute atomic E-state index is 14.1. The van der Waals surface area contributed by atoms with Crippen molar-refractivity contribution in [1.82, 2.24) is 19.6 Å². The summed E-state index contributed by atoms with van der Waals surface area (Å²) in [6.45, 7) is 8.91. The number of hydrogen-bond donors (Lipinski definition) is 0. The SMILES string of the molecule is CC[C@H](C)[C@@H](C(=O)N1CCOCCN(C(=O)[C@@H]([C@@H](C)CC)N2C(=O)c3ccccc3C2=O)CCOCC1)N1C(=O)c2ccccc2C1=O. The molecule has 5 rings (SSSR count). The van der Waals surface area contributed by atoms with Crippen LogP contribution in [0.3, 0.4) is 0 Å². The first-order valence-electron chi connectivity index (χ1n) is 16.8. The highest BCUT2D eigenvalue weighted by Gasteiger charge is 2.47. The Morgan fingerprint density at radius 2 is 0.833 bits per heavy atom. The first-order chi connectivity index (χ1) is 23.1. The molecule has 3 heterocycles. The van der Waals surface area contributed by atoms with Crippen LogP contribution in [0.15, 0.2) is 48.5 Å². The second kappa shape index (κ2) is 15.2. The number of carbonyl (C=O) groups excluding carboxylic acids is 6. The average molecular weight is 661 g/mol. The van der Waals surface area contributed by atoms with Crippen LogP contribution >= 0.6 is 0 Å². The molecule has 3 aliphatic rings. The summed E-state index contributed by atoms with van der Waals surface area (Å²) in [7, 11) is 0. The van der Waals surface area contributed by atoms with Gasteiger partial charge in [-0.2, -0.15) is 0 Å². The van der Waals surface area contributed by atoms with Crippen LogP contribution < -0.4 is 0 Å². The number of imide groups is 2. The Hall–Kier alpha value is -4.42. The van der Waals surface area contributed by atoms with E-state index in [0.717, 1.165) is 9.80 Å². The van der Waals surface area contributed by atoms with Gasteiger partial charge in [0.05, 0.1) is 48.7 Å². The number of nitrogens with zero attached hydrogens (tertiary/aromatic N) is 4. The Bertz CT molecular complexity index is 1380. The van der Waals surface area contributed by atoms with E-state index < -0.39 is 35.7 Å². The summed E-state index contributed by atoms with van der Waals surface area (Å²) < 4.78 is 11.8. The molecule has 12 nitrogen and oxygen atoms in total. The number of carbonyl (C=O) groups is 6. The fraction of sp³-hybridized carbons (Fsp3) is 0.500. The van der Waals surface area contributed by atoms with Gasteiger partial charge in [-0.15, -0.1) is 0 Å². The fourth-order valence-corrected chi connectivity index (χ4v) is 6.53. The molecule has 4 atom stereocenters. The third-order valence-corrected chi connectivity index (χ3v) is 9.72. The van der Waals surface area contributed by atoms with Crippen LogP contribution in [0, 0.1) is 11.8 Å². The maximum atomic E-state index is 14.1. The van der Waals surface area contributed by atoms with Gasteiger partial charge in [-0.3, -0.25) is 38.6 Å². The van der Waals surface area contributed by atoms with Crippen LogP contribution in [-0.2, 0) is 19.1 Å². The Balaban J connectivity index is 1.26. The molecular formula is C36H44N4O8. The molecule has 2 aromatic rings. The lowest BCUT2D eigenvalue weighted by atomic mass is 9.96. The van der Waals surface area contributed by atoms with E-state index in [2.05, 4.69) is 0 Å². The van der Waals surface area contributed by atoms with Crippen molar-refractivity contribution < 1.29 is 38.2 Å². The van der Waals surface area contributed by atoms with Gasteiger partial charge in [0, 0.05) is 26.2 Å². The van der Waals surface area contributed by atoms with Gasteiger partial charge in [0.2, 0.25) is 11.8 Å². The largest absolute Gasteiger partial charge is 0.378 e. The molecule has 48 heavy (non-hydrogen) atoms. The first-order valence-corrected chi connectivity index (χ1v) is 16.8. The molecule has 6 amide bonds. The minimum absolute atomic E-state index is 0.149. The lowest BCUT2D eigenvalue weighted by Crippen LogP contribution is -2.55. The molecular weight excluding hydrogens is 616 g/mol. The Morgan fingerprint density at radius 3 is 1.08 bits per heavy atom. The van der Waals surface area contributed by atoms with Crippen LogP contribution in [-0.4, -0.2) is 120 Å². The molecule has 12 heteroatoms. The van der Waals surface area contributed by atoms with Gasteiger partial charge in [-0.25, -0.2) is 0 Å². The molecule has 0 saturated carbocycles. The Morgan fingerprint density at radius 1 is 0.562 bits per heavy atom. The zero-order valence-corrected chi connectivity index (χ0v) is 28.1. The Labute approximate surface area is 280 Å². The van der Waals surface area contributed by atoms with Crippen molar-refractivity contribution in [2.45, 2.75) is 52.6 Å². The van der Waals surface area contributed by atoms with Crippen molar-refractivity contribution in [2.24, 2.45) is 11.8 Å². The molecule has 0 bridgehead atoms. The van der Waals surface area contributed by atoms with Crippen LogP contribution in [0.2, 0.25) is 0 Å².